The SMILES string of the molecule is COc1ccc2c(c1)[C@@H]1OC(C)(C)O[C@]1(C(=O)N1C3CCC1CN(C)C3)Cn1c-2c(C2CCCCC2)c2ccc(C(=O)NS(=O)(=O)N(C)C)cc21. The van der Waals surface area contributed by atoms with E-state index >= 15 is 4.79 Å². The van der Waals surface area contributed by atoms with Gasteiger partial charge >= 0.3 is 10.2 Å². The molecule has 3 aromatic rings. The Bertz CT molecular complexity index is 2010. The Hall–Kier alpha value is -3.49. The summed E-state index contributed by atoms with van der Waals surface area (Å²) in [6.45, 7) is 5.49. The molecule has 5 aliphatic rings. The fraction of sp³-hybridized carbons (Fsp3) is 0.579. The van der Waals surface area contributed by atoms with Crippen molar-refractivity contribution in [2.45, 2.75) is 101 Å². The molecule has 2 unspecified atom stereocenters. The molecule has 4 fully saturated rings. The van der Waals surface area contributed by atoms with E-state index in [4.69, 9.17) is 14.2 Å². The predicted molar refractivity (Wildman–Crippen MR) is 193 cm³/mol. The second kappa shape index (κ2) is 12.3. The van der Waals surface area contributed by atoms with Crippen LogP contribution in [-0.4, -0.2) is 104 Å². The van der Waals surface area contributed by atoms with E-state index in [0.29, 0.717) is 5.75 Å². The van der Waals surface area contributed by atoms with Gasteiger partial charge in [0.25, 0.3) is 11.8 Å². The lowest BCUT2D eigenvalue weighted by Gasteiger charge is -2.44. The number of rotatable bonds is 6. The number of fused-ring (bicyclic) bond motifs is 9. The molecule has 13 heteroatoms. The van der Waals surface area contributed by atoms with Crippen LogP contribution in [0.4, 0.5) is 0 Å². The number of carbonyl (C=O) groups is 2. The van der Waals surface area contributed by atoms with Crippen LogP contribution in [-0.2, 0) is 31.0 Å². The lowest BCUT2D eigenvalue weighted by molar-refractivity contribution is -0.186. The average Bonchev–Trinajstić information content (AvgIpc) is 3.64. The first-order chi connectivity index (χ1) is 24.2. The van der Waals surface area contributed by atoms with Gasteiger partial charge in [-0.15, -0.1) is 0 Å². The van der Waals surface area contributed by atoms with Gasteiger partial charge in [0.15, 0.2) is 11.4 Å². The van der Waals surface area contributed by atoms with Crippen molar-refractivity contribution < 1.29 is 32.2 Å². The highest BCUT2D eigenvalue weighted by atomic mass is 32.2. The molecule has 3 saturated heterocycles. The quantitative estimate of drug-likeness (QED) is 0.387. The van der Waals surface area contributed by atoms with Crippen LogP contribution >= 0.6 is 0 Å². The van der Waals surface area contributed by atoms with Gasteiger partial charge in [-0.05, 0) is 94.0 Å². The van der Waals surface area contributed by atoms with Crippen LogP contribution in [0.3, 0.4) is 0 Å². The van der Waals surface area contributed by atoms with Gasteiger partial charge in [0.1, 0.15) is 11.9 Å². The van der Waals surface area contributed by atoms with Gasteiger partial charge in [0, 0.05) is 61.3 Å². The molecule has 1 N–H and O–H groups in total. The highest BCUT2D eigenvalue weighted by Crippen LogP contribution is 2.56. The first-order valence-electron chi connectivity index (χ1n) is 18.2. The molecule has 1 aliphatic carbocycles. The van der Waals surface area contributed by atoms with E-state index in [1.807, 2.05) is 32.0 Å². The lowest BCUT2D eigenvalue weighted by atomic mass is 9.80. The fourth-order valence-corrected chi connectivity index (χ4v) is 10.1. The maximum absolute atomic E-state index is 15.5. The van der Waals surface area contributed by atoms with Crippen LogP contribution < -0.4 is 9.46 Å². The summed E-state index contributed by atoms with van der Waals surface area (Å²) in [5.74, 6) is -0.957. The van der Waals surface area contributed by atoms with E-state index in [1.165, 1.54) is 26.1 Å². The van der Waals surface area contributed by atoms with Crippen molar-refractivity contribution in [3.8, 4) is 17.0 Å². The van der Waals surface area contributed by atoms with Crippen molar-refractivity contribution in [1.29, 1.82) is 0 Å². The van der Waals surface area contributed by atoms with Gasteiger partial charge in [0.2, 0.25) is 0 Å². The number of amides is 2. The molecule has 1 aromatic heterocycles. The van der Waals surface area contributed by atoms with Crippen molar-refractivity contribution in [3.05, 3.63) is 53.1 Å². The molecule has 0 radical (unpaired) electrons. The minimum atomic E-state index is -4.02. The molecular formula is C38H49N5O7S. The Labute approximate surface area is 300 Å². The number of hydrogen-bond donors (Lipinski definition) is 1. The maximum atomic E-state index is 15.5. The molecular weight excluding hydrogens is 671 g/mol. The molecule has 4 aliphatic heterocycles. The number of likely N-dealkylation sites (tertiary alicyclic amines) is 1. The summed E-state index contributed by atoms with van der Waals surface area (Å²) in [4.78, 5) is 33.4. The highest BCUT2D eigenvalue weighted by molar-refractivity contribution is 7.87. The van der Waals surface area contributed by atoms with Crippen molar-refractivity contribution in [2.24, 2.45) is 0 Å². The Morgan fingerprint density at radius 3 is 2.35 bits per heavy atom. The molecule has 2 amide bonds. The summed E-state index contributed by atoms with van der Waals surface area (Å²) < 4.78 is 50.3. The number of hydrogen-bond acceptors (Lipinski definition) is 8. The van der Waals surface area contributed by atoms with Gasteiger partial charge in [-0.25, -0.2) is 4.72 Å². The molecule has 274 valence electrons. The monoisotopic (exact) mass is 719 g/mol. The Kier molecular flexibility index (Phi) is 8.34. The number of benzene rings is 2. The fourth-order valence-electron chi connectivity index (χ4n) is 9.59. The number of nitrogens with one attached hydrogen (secondary N) is 1. The maximum Gasteiger partial charge on any atom is 0.303 e. The summed E-state index contributed by atoms with van der Waals surface area (Å²) in [6, 6.07) is 11.6. The second-order valence-corrected chi connectivity index (χ2v) is 17.7. The van der Waals surface area contributed by atoms with Gasteiger partial charge in [-0.1, -0.05) is 25.3 Å². The van der Waals surface area contributed by atoms with Gasteiger partial charge in [-0.2, -0.15) is 12.7 Å². The lowest BCUT2D eigenvalue weighted by Crippen LogP contribution is -2.62. The van der Waals surface area contributed by atoms with Crippen LogP contribution in [0.25, 0.3) is 22.2 Å². The molecule has 12 nitrogen and oxygen atoms in total. The number of ether oxygens (including phenoxy) is 3. The Morgan fingerprint density at radius 2 is 1.69 bits per heavy atom. The third-order valence-corrected chi connectivity index (χ3v) is 13.2. The summed E-state index contributed by atoms with van der Waals surface area (Å²) in [6.07, 6.45) is 6.61. The van der Waals surface area contributed by atoms with Crippen LogP contribution in [0.5, 0.6) is 5.75 Å². The third-order valence-electron chi connectivity index (χ3n) is 11.8. The number of likely N-dealkylation sites (N-methyl/N-ethyl adjacent to an activating group) is 1. The number of carbonyl (C=O) groups excluding carboxylic acids is 2. The van der Waals surface area contributed by atoms with Crippen molar-refractivity contribution in [2.75, 3.05) is 41.3 Å². The smallest absolute Gasteiger partial charge is 0.303 e. The Balaban J connectivity index is 1.39. The van der Waals surface area contributed by atoms with Crippen LogP contribution in [0.15, 0.2) is 36.4 Å². The molecule has 1 saturated carbocycles. The normalized spacial score (nSPS) is 27.6. The standard InChI is InChI=1S/C38H49N5O7S/c1-37(2)49-34-30-19-27(48-6)15-17-28(30)33-32(23-10-8-7-9-11-23)29-16-12-24(35(44)39-51(46,47)40(3)4)18-31(29)42(33)22-38(34,50-37)36(45)43-25-13-14-26(43)21-41(5)20-25/h12,15-19,23,25-26,34H,7-11,13-14,20-22H2,1-6H3,(H,39,44)/t25?,26?,34-,38+/m0/s1. The Morgan fingerprint density at radius 1 is 0.980 bits per heavy atom. The zero-order valence-electron chi connectivity index (χ0n) is 30.4. The van der Waals surface area contributed by atoms with Gasteiger partial charge in [-0.3, -0.25) is 9.59 Å². The first-order valence-corrected chi connectivity index (χ1v) is 19.7. The summed E-state index contributed by atoms with van der Waals surface area (Å²) in [5.41, 5.74) is 3.48. The molecule has 5 heterocycles. The number of nitrogens with zero attached hydrogens (tertiary/aromatic N) is 4. The third kappa shape index (κ3) is 5.58. The van der Waals surface area contributed by atoms with Crippen molar-refractivity contribution >= 4 is 32.9 Å². The summed E-state index contributed by atoms with van der Waals surface area (Å²) >= 11 is 0. The molecule has 4 atom stereocenters. The van der Waals surface area contributed by atoms with E-state index < -0.39 is 33.6 Å². The summed E-state index contributed by atoms with van der Waals surface area (Å²) in [7, 11) is 2.48. The van der Waals surface area contributed by atoms with Gasteiger partial charge < -0.3 is 28.6 Å². The average molecular weight is 720 g/mol. The van der Waals surface area contributed by atoms with E-state index in [1.54, 1.807) is 19.2 Å². The van der Waals surface area contributed by atoms with E-state index in [9.17, 15) is 13.2 Å². The molecule has 2 bridgehead atoms. The molecule has 8 rings (SSSR count). The molecule has 2 aromatic carbocycles. The van der Waals surface area contributed by atoms with Crippen molar-refractivity contribution in [3.63, 3.8) is 0 Å². The van der Waals surface area contributed by atoms with Crippen molar-refractivity contribution in [1.82, 2.24) is 23.4 Å². The van der Waals surface area contributed by atoms with E-state index in [2.05, 4.69) is 32.2 Å². The first kappa shape index (κ1) is 34.6. The predicted octanol–water partition coefficient (Wildman–Crippen LogP) is 4.78. The zero-order chi connectivity index (χ0) is 36.0. The summed E-state index contributed by atoms with van der Waals surface area (Å²) in [5, 5.41) is 0.990. The van der Waals surface area contributed by atoms with E-state index in [-0.39, 0.29) is 36.0 Å². The minimum absolute atomic E-state index is 0.0734. The topological polar surface area (TPSA) is 123 Å². The minimum Gasteiger partial charge on any atom is -0.497 e. The van der Waals surface area contributed by atoms with Crippen LogP contribution in [0, 0.1) is 0 Å². The zero-order valence-corrected chi connectivity index (χ0v) is 31.2. The molecule has 0 spiro atoms. The number of piperazine rings is 1. The van der Waals surface area contributed by atoms with Crippen LogP contribution in [0.2, 0.25) is 0 Å². The van der Waals surface area contributed by atoms with Crippen LogP contribution in [0.1, 0.15) is 92.3 Å². The highest BCUT2D eigenvalue weighted by Gasteiger charge is 2.64. The van der Waals surface area contributed by atoms with Gasteiger partial charge in [0.05, 0.1) is 19.3 Å². The number of methoxy groups -OCH3 is 1. The number of aromatic nitrogens is 1. The largest absolute Gasteiger partial charge is 0.497 e. The second-order valence-electron chi connectivity index (χ2n) is 15.8. The van der Waals surface area contributed by atoms with E-state index in [0.717, 1.165) is 83.6 Å². The molecule has 51 heavy (non-hydrogen) atoms.